The molecule has 0 aliphatic rings. The fraction of sp³-hybridized carbons (Fsp3) is 0.900. The minimum Gasteiger partial charge on any atom is -0.356 e. The first-order valence-electron chi connectivity index (χ1n) is 10.8. The van der Waals surface area contributed by atoms with Crippen molar-refractivity contribution >= 4 is 5.91 Å². The van der Waals surface area contributed by atoms with E-state index in [4.69, 9.17) is 0 Å². The van der Waals surface area contributed by atoms with Crippen molar-refractivity contribution in [3.05, 3.63) is 5.82 Å². The number of H-pyrrole nitrogens is 1. The van der Waals surface area contributed by atoms with Gasteiger partial charge >= 0.3 is 0 Å². The third kappa shape index (κ3) is 13.8. The van der Waals surface area contributed by atoms with Crippen LogP contribution in [0.15, 0.2) is 0 Å². The number of tetrazole rings is 1. The van der Waals surface area contributed by atoms with Crippen molar-refractivity contribution in [1.29, 1.82) is 0 Å². The monoisotopic (exact) mass is 365 g/mol. The molecule has 0 fully saturated rings. The van der Waals surface area contributed by atoms with Crippen LogP contribution in [-0.4, -0.2) is 33.1 Å². The number of aromatic amines is 1. The number of rotatable bonds is 18. The molecule has 6 nitrogen and oxygen atoms in total. The summed E-state index contributed by atoms with van der Waals surface area (Å²) in [5.41, 5.74) is 0. The van der Waals surface area contributed by atoms with Crippen LogP contribution in [0, 0.1) is 0 Å². The van der Waals surface area contributed by atoms with E-state index in [9.17, 15) is 4.79 Å². The van der Waals surface area contributed by atoms with Crippen molar-refractivity contribution in [3.63, 3.8) is 0 Å². The Labute approximate surface area is 159 Å². The molecule has 1 rings (SSSR count). The number of hydrogen-bond acceptors (Lipinski definition) is 4. The summed E-state index contributed by atoms with van der Waals surface area (Å²) in [7, 11) is 0. The summed E-state index contributed by atoms with van der Waals surface area (Å²) >= 11 is 0. The molecular weight excluding hydrogens is 326 g/mol. The molecule has 0 bridgehead atoms. The van der Waals surface area contributed by atoms with Crippen molar-refractivity contribution in [1.82, 2.24) is 25.9 Å². The van der Waals surface area contributed by atoms with Crippen LogP contribution < -0.4 is 5.32 Å². The number of carbonyl (C=O) groups is 1. The first-order chi connectivity index (χ1) is 12.8. The number of hydrogen-bond donors (Lipinski definition) is 2. The molecule has 150 valence electrons. The highest BCUT2D eigenvalue weighted by Gasteiger charge is 2.00. The fourth-order valence-corrected chi connectivity index (χ4v) is 3.16. The Balaban J connectivity index is 1.70. The summed E-state index contributed by atoms with van der Waals surface area (Å²) in [4.78, 5) is 11.5. The number of amides is 1. The Morgan fingerprint density at radius 2 is 1.38 bits per heavy atom. The van der Waals surface area contributed by atoms with Crippen LogP contribution in [-0.2, 0) is 11.2 Å². The smallest absolute Gasteiger partial charge is 0.219 e. The molecule has 0 aliphatic carbocycles. The minimum atomic E-state index is 0.224. The maximum Gasteiger partial charge on any atom is 0.219 e. The topological polar surface area (TPSA) is 83.6 Å². The molecule has 0 atom stereocenters. The lowest BCUT2D eigenvalue weighted by Crippen LogP contribution is -2.23. The molecule has 6 heteroatoms. The normalized spacial score (nSPS) is 11.0. The number of nitrogens with one attached hydrogen (secondary N) is 2. The number of nitrogens with zero attached hydrogens (tertiary/aromatic N) is 3. The largest absolute Gasteiger partial charge is 0.356 e. The molecule has 0 saturated carbocycles. The van der Waals surface area contributed by atoms with Gasteiger partial charge in [0.25, 0.3) is 0 Å². The molecule has 0 unspecified atom stereocenters. The van der Waals surface area contributed by atoms with Gasteiger partial charge in [-0.2, -0.15) is 0 Å². The van der Waals surface area contributed by atoms with Crippen molar-refractivity contribution in [2.75, 3.05) is 6.54 Å². The highest BCUT2D eigenvalue weighted by molar-refractivity contribution is 5.75. The second-order valence-electron chi connectivity index (χ2n) is 7.29. The van der Waals surface area contributed by atoms with Gasteiger partial charge in [0.15, 0.2) is 0 Å². The Bertz CT molecular complexity index is 422. The molecule has 26 heavy (non-hydrogen) atoms. The summed E-state index contributed by atoms with van der Waals surface area (Å²) in [5.74, 6) is 1.13. The van der Waals surface area contributed by atoms with Crippen molar-refractivity contribution in [3.8, 4) is 0 Å². The Morgan fingerprint density at radius 3 is 1.88 bits per heavy atom. The summed E-state index contributed by atoms with van der Waals surface area (Å²) in [6, 6.07) is 0. The second-order valence-corrected chi connectivity index (χ2v) is 7.29. The van der Waals surface area contributed by atoms with E-state index < -0.39 is 0 Å². The molecule has 1 aromatic rings. The van der Waals surface area contributed by atoms with Gasteiger partial charge in [-0.1, -0.05) is 77.6 Å². The molecule has 0 spiro atoms. The second kappa shape index (κ2) is 17.0. The molecule has 1 amide bonds. The van der Waals surface area contributed by atoms with Crippen LogP contribution in [0.25, 0.3) is 0 Å². The SMILES string of the molecule is CCCNC(=O)CCCCCCCCCCCCCCCc1nnn[nH]1. The van der Waals surface area contributed by atoms with Gasteiger partial charge in [-0.05, 0) is 29.7 Å². The number of unbranched alkanes of at least 4 members (excludes halogenated alkanes) is 12. The third-order valence-electron chi connectivity index (χ3n) is 4.78. The molecule has 0 saturated heterocycles. The first kappa shape index (κ1) is 22.6. The molecular formula is C20H39N5O. The first-order valence-corrected chi connectivity index (χ1v) is 10.8. The van der Waals surface area contributed by atoms with Gasteiger partial charge in [-0.15, -0.1) is 5.10 Å². The predicted octanol–water partition coefficient (Wildman–Crippen LogP) is 4.73. The highest BCUT2D eigenvalue weighted by Crippen LogP contribution is 2.13. The standard InChI is InChI=1S/C20H39N5O/c1-2-18-21-20(26)17-15-13-11-9-7-5-3-4-6-8-10-12-14-16-19-22-24-25-23-19/h2-18H2,1H3,(H,21,26)(H,22,23,24,25). The molecule has 0 aromatic carbocycles. The fourth-order valence-electron chi connectivity index (χ4n) is 3.16. The van der Waals surface area contributed by atoms with Gasteiger partial charge in [0.2, 0.25) is 5.91 Å². The maximum absolute atomic E-state index is 11.5. The van der Waals surface area contributed by atoms with Crippen LogP contribution in [0.4, 0.5) is 0 Å². The number of carbonyl (C=O) groups excluding carboxylic acids is 1. The number of aryl methyl sites for hydroxylation is 1. The van der Waals surface area contributed by atoms with Crippen LogP contribution in [0.2, 0.25) is 0 Å². The van der Waals surface area contributed by atoms with Gasteiger partial charge in [-0.3, -0.25) is 4.79 Å². The van der Waals surface area contributed by atoms with Gasteiger partial charge in [0.05, 0.1) is 0 Å². The van der Waals surface area contributed by atoms with Crippen molar-refractivity contribution in [2.24, 2.45) is 0 Å². The Morgan fingerprint density at radius 1 is 0.846 bits per heavy atom. The summed E-state index contributed by atoms with van der Waals surface area (Å²) in [6.07, 6.45) is 19.5. The average Bonchev–Trinajstić information content (AvgIpc) is 3.16. The maximum atomic E-state index is 11.5. The third-order valence-corrected chi connectivity index (χ3v) is 4.78. The lowest BCUT2D eigenvalue weighted by molar-refractivity contribution is -0.121. The van der Waals surface area contributed by atoms with Gasteiger partial charge in [0, 0.05) is 19.4 Å². The lowest BCUT2D eigenvalue weighted by atomic mass is 10.0. The average molecular weight is 366 g/mol. The van der Waals surface area contributed by atoms with Gasteiger partial charge in [-0.25, -0.2) is 5.10 Å². The van der Waals surface area contributed by atoms with Crippen LogP contribution in [0.1, 0.15) is 109 Å². The van der Waals surface area contributed by atoms with Crippen molar-refractivity contribution < 1.29 is 4.79 Å². The van der Waals surface area contributed by atoms with Gasteiger partial charge < -0.3 is 5.32 Å². The van der Waals surface area contributed by atoms with E-state index in [0.29, 0.717) is 6.42 Å². The summed E-state index contributed by atoms with van der Waals surface area (Å²) in [5, 5.41) is 16.8. The minimum absolute atomic E-state index is 0.224. The van der Waals surface area contributed by atoms with Crippen LogP contribution in [0.3, 0.4) is 0 Å². The highest BCUT2D eigenvalue weighted by atomic mass is 16.1. The van der Waals surface area contributed by atoms with E-state index in [1.165, 1.54) is 77.0 Å². The van der Waals surface area contributed by atoms with E-state index in [0.717, 1.165) is 31.6 Å². The quantitative estimate of drug-likeness (QED) is 0.368. The van der Waals surface area contributed by atoms with Crippen LogP contribution in [0.5, 0.6) is 0 Å². The van der Waals surface area contributed by atoms with E-state index in [-0.39, 0.29) is 5.91 Å². The molecule has 1 heterocycles. The Kier molecular flexibility index (Phi) is 14.7. The Hall–Kier alpha value is -1.46. The molecule has 2 N–H and O–H groups in total. The molecule has 1 aromatic heterocycles. The van der Waals surface area contributed by atoms with E-state index in [2.05, 4.69) is 32.9 Å². The zero-order chi connectivity index (χ0) is 18.7. The zero-order valence-corrected chi connectivity index (χ0v) is 16.8. The predicted molar refractivity (Wildman–Crippen MR) is 106 cm³/mol. The van der Waals surface area contributed by atoms with E-state index in [1.807, 2.05) is 0 Å². The van der Waals surface area contributed by atoms with E-state index in [1.54, 1.807) is 0 Å². The molecule has 0 aliphatic heterocycles. The summed E-state index contributed by atoms with van der Waals surface area (Å²) < 4.78 is 0. The number of aromatic nitrogens is 4. The molecule has 0 radical (unpaired) electrons. The summed E-state index contributed by atoms with van der Waals surface area (Å²) in [6.45, 7) is 2.90. The van der Waals surface area contributed by atoms with Crippen LogP contribution >= 0.6 is 0 Å². The zero-order valence-electron chi connectivity index (χ0n) is 16.8. The lowest BCUT2D eigenvalue weighted by Gasteiger charge is -2.04. The van der Waals surface area contributed by atoms with E-state index >= 15 is 0 Å². The van der Waals surface area contributed by atoms with Crippen molar-refractivity contribution in [2.45, 2.75) is 110 Å². The van der Waals surface area contributed by atoms with Gasteiger partial charge in [0.1, 0.15) is 5.82 Å².